The lowest BCUT2D eigenvalue weighted by atomic mass is 10.1. The highest BCUT2D eigenvalue weighted by Crippen LogP contribution is 2.37. The lowest BCUT2D eigenvalue weighted by molar-refractivity contribution is 0.414. The largest absolute Gasteiger partial charge is 0.497 e. The van der Waals surface area contributed by atoms with Gasteiger partial charge in [-0.1, -0.05) is 31.4 Å². The summed E-state index contributed by atoms with van der Waals surface area (Å²) in [6, 6.07) is 10.0. The lowest BCUT2D eigenvalue weighted by Crippen LogP contribution is -2.46. The topological polar surface area (TPSA) is 55.5 Å². The van der Waals surface area contributed by atoms with Gasteiger partial charge in [0, 0.05) is 5.54 Å². The fourth-order valence-electron chi connectivity index (χ4n) is 3.01. The molecule has 0 amide bonds. The van der Waals surface area contributed by atoms with Gasteiger partial charge in [-0.2, -0.15) is 0 Å². The summed E-state index contributed by atoms with van der Waals surface area (Å²) in [6.07, 6.45) is 3.58. The van der Waals surface area contributed by atoms with Crippen molar-refractivity contribution < 1.29 is 9.53 Å². The van der Waals surface area contributed by atoms with E-state index in [0.717, 1.165) is 30.7 Å². The Morgan fingerprint density at radius 1 is 1.22 bits per heavy atom. The Kier molecular flexibility index (Phi) is 4.43. The third-order valence-corrected chi connectivity index (χ3v) is 8.43. The van der Waals surface area contributed by atoms with Crippen molar-refractivity contribution in [2.45, 2.75) is 36.9 Å². The Morgan fingerprint density at radius 3 is 2.33 bits per heavy atom. The summed E-state index contributed by atoms with van der Waals surface area (Å²) in [4.78, 5) is 10.9. The summed E-state index contributed by atoms with van der Waals surface area (Å²) in [5, 5.41) is 0. The second-order valence-corrected chi connectivity index (χ2v) is 9.13. The first-order chi connectivity index (χ1) is 8.69. The quantitative estimate of drug-likeness (QED) is 0.822. The summed E-state index contributed by atoms with van der Waals surface area (Å²) < 4.78 is 5.17. The zero-order valence-corrected chi connectivity index (χ0v) is 12.1. The summed E-state index contributed by atoms with van der Waals surface area (Å²) in [5.74, 6) is 0.854. The molecular weight excluding hydrogens is 242 g/mol. The predicted octanol–water partition coefficient (Wildman–Crippen LogP) is 2.40. The monoisotopic (exact) mass is 265 g/mol. The van der Waals surface area contributed by atoms with Crippen LogP contribution >= 0.6 is 0 Å². The molecule has 1 heterocycles. The molecule has 4 heteroatoms. The van der Waals surface area contributed by atoms with E-state index in [9.17, 15) is 4.80 Å². The maximum Gasteiger partial charge on any atom is 0.197 e. The van der Waals surface area contributed by atoms with Crippen LogP contribution in [0.5, 0.6) is 5.75 Å². The molecule has 1 aromatic carbocycles. The van der Waals surface area contributed by atoms with Gasteiger partial charge in [0.1, 0.15) is 5.75 Å². The Bertz CT molecular complexity index is 374. The minimum absolute atomic E-state index is 0.170. The van der Waals surface area contributed by atoms with Crippen LogP contribution in [0.15, 0.2) is 24.3 Å². The Balaban J connectivity index is 2.20. The van der Waals surface area contributed by atoms with Crippen LogP contribution in [0.2, 0.25) is 12.1 Å². The van der Waals surface area contributed by atoms with Crippen LogP contribution in [-0.2, 0) is 0 Å². The zero-order chi connectivity index (χ0) is 13.0. The van der Waals surface area contributed by atoms with Crippen molar-refractivity contribution in [1.82, 2.24) is 0 Å². The number of rotatable bonds is 4. The van der Waals surface area contributed by atoms with Crippen molar-refractivity contribution in [3.63, 3.8) is 0 Å². The molecule has 0 aliphatic carbocycles. The third kappa shape index (κ3) is 2.76. The highest BCUT2D eigenvalue weighted by molar-refractivity contribution is 6.74. The summed E-state index contributed by atoms with van der Waals surface area (Å²) in [5.41, 5.74) is 7.28. The van der Waals surface area contributed by atoms with Gasteiger partial charge in [0.05, 0.1) is 7.11 Å². The molecule has 18 heavy (non-hydrogen) atoms. The average Bonchev–Trinajstić information content (AvgIpc) is 2.41. The zero-order valence-electron chi connectivity index (χ0n) is 11.1. The molecule has 0 spiro atoms. The second-order valence-electron chi connectivity index (χ2n) is 5.23. The summed E-state index contributed by atoms with van der Waals surface area (Å²) >= 11 is 0. The fraction of sp³-hybridized carbons (Fsp3) is 0.571. The van der Waals surface area contributed by atoms with E-state index in [-0.39, 0.29) is 5.54 Å². The maximum atomic E-state index is 10.9. The standard InChI is InChI=1S/C14H23NO2Si/c1-17-13-7-5-12(6-8-13)14(11-15)18(16)9-3-2-4-10-18/h5-8,14,16H,2-4,9-11,15H2,1H3/t14-/m1/s1. The molecule has 1 aromatic rings. The van der Waals surface area contributed by atoms with Crippen molar-refractivity contribution >= 4 is 8.32 Å². The van der Waals surface area contributed by atoms with Crippen molar-refractivity contribution in [3.05, 3.63) is 29.8 Å². The van der Waals surface area contributed by atoms with Crippen molar-refractivity contribution in [2.24, 2.45) is 5.73 Å². The van der Waals surface area contributed by atoms with Gasteiger partial charge in [-0.05, 0) is 36.3 Å². The second kappa shape index (κ2) is 5.86. The average molecular weight is 265 g/mol. The smallest absolute Gasteiger partial charge is 0.197 e. The molecular formula is C14H23NO2Si. The van der Waals surface area contributed by atoms with E-state index >= 15 is 0 Å². The van der Waals surface area contributed by atoms with E-state index in [4.69, 9.17) is 10.5 Å². The van der Waals surface area contributed by atoms with E-state index in [0.29, 0.717) is 6.54 Å². The van der Waals surface area contributed by atoms with Crippen molar-refractivity contribution in [3.8, 4) is 5.75 Å². The molecule has 0 bridgehead atoms. The Morgan fingerprint density at radius 2 is 1.83 bits per heavy atom. The van der Waals surface area contributed by atoms with Crippen LogP contribution in [0.4, 0.5) is 0 Å². The summed E-state index contributed by atoms with van der Waals surface area (Å²) in [6.45, 7) is 0.551. The fourth-order valence-corrected chi connectivity index (χ4v) is 6.94. The highest BCUT2D eigenvalue weighted by atomic mass is 28.4. The SMILES string of the molecule is COc1ccc([C@@H](CN)[Si]2(O)CCCCC2)cc1. The first-order valence-corrected chi connectivity index (χ1v) is 9.20. The molecule has 0 saturated carbocycles. The number of hydrogen-bond acceptors (Lipinski definition) is 3. The van der Waals surface area contributed by atoms with Gasteiger partial charge < -0.3 is 15.3 Å². The maximum absolute atomic E-state index is 10.9. The minimum atomic E-state index is -2.20. The number of methoxy groups -OCH3 is 1. The van der Waals surface area contributed by atoms with Crippen molar-refractivity contribution in [2.75, 3.05) is 13.7 Å². The molecule has 3 N–H and O–H groups in total. The van der Waals surface area contributed by atoms with E-state index in [2.05, 4.69) is 12.1 Å². The molecule has 1 saturated heterocycles. The molecule has 1 aliphatic rings. The Labute approximate surface area is 110 Å². The summed E-state index contributed by atoms with van der Waals surface area (Å²) in [7, 11) is -0.535. The molecule has 1 aliphatic heterocycles. The molecule has 0 unspecified atom stereocenters. The van der Waals surface area contributed by atoms with Gasteiger partial charge in [0.25, 0.3) is 0 Å². The highest BCUT2D eigenvalue weighted by Gasteiger charge is 2.41. The van der Waals surface area contributed by atoms with E-state index < -0.39 is 8.32 Å². The van der Waals surface area contributed by atoms with Gasteiger partial charge >= 0.3 is 0 Å². The van der Waals surface area contributed by atoms with Crippen LogP contribution in [0.3, 0.4) is 0 Å². The molecule has 0 aromatic heterocycles. The molecule has 100 valence electrons. The number of hydrogen-bond donors (Lipinski definition) is 2. The third-order valence-electron chi connectivity index (χ3n) is 4.12. The Hall–Kier alpha value is -0.843. The molecule has 3 nitrogen and oxygen atoms in total. The van der Waals surface area contributed by atoms with Gasteiger partial charge in [0.2, 0.25) is 0 Å². The van der Waals surface area contributed by atoms with E-state index in [1.807, 2.05) is 12.1 Å². The van der Waals surface area contributed by atoms with Crippen LogP contribution in [0.1, 0.15) is 30.4 Å². The normalized spacial score (nSPS) is 20.4. The predicted molar refractivity (Wildman–Crippen MR) is 76.2 cm³/mol. The first-order valence-electron chi connectivity index (χ1n) is 6.76. The molecule has 1 fully saturated rings. The molecule has 0 radical (unpaired) electrons. The number of nitrogens with two attached hydrogens (primary N) is 1. The van der Waals surface area contributed by atoms with Gasteiger partial charge in [0.15, 0.2) is 8.32 Å². The van der Waals surface area contributed by atoms with E-state index in [1.165, 1.54) is 12.0 Å². The molecule has 2 rings (SSSR count). The first kappa shape index (κ1) is 13.6. The number of benzene rings is 1. The van der Waals surface area contributed by atoms with Crippen LogP contribution < -0.4 is 10.5 Å². The minimum Gasteiger partial charge on any atom is -0.497 e. The van der Waals surface area contributed by atoms with Gasteiger partial charge in [-0.3, -0.25) is 0 Å². The van der Waals surface area contributed by atoms with Crippen LogP contribution in [0, 0.1) is 0 Å². The number of ether oxygens (including phenoxy) is 1. The van der Waals surface area contributed by atoms with Crippen LogP contribution in [0.25, 0.3) is 0 Å². The van der Waals surface area contributed by atoms with Gasteiger partial charge in [-0.15, -0.1) is 0 Å². The van der Waals surface area contributed by atoms with Crippen molar-refractivity contribution in [1.29, 1.82) is 0 Å². The van der Waals surface area contributed by atoms with E-state index in [1.54, 1.807) is 7.11 Å². The van der Waals surface area contributed by atoms with Crippen LogP contribution in [-0.4, -0.2) is 26.8 Å². The lowest BCUT2D eigenvalue weighted by Gasteiger charge is -2.36. The van der Waals surface area contributed by atoms with Gasteiger partial charge in [-0.25, -0.2) is 0 Å². The molecule has 1 atom stereocenters.